The molecule has 0 bridgehead atoms. The zero-order chi connectivity index (χ0) is 34.5. The Labute approximate surface area is 262 Å². The van der Waals surface area contributed by atoms with Crippen molar-refractivity contribution in [1.29, 1.82) is 0 Å². The van der Waals surface area contributed by atoms with Gasteiger partial charge in [0, 0.05) is 13.1 Å². The summed E-state index contributed by atoms with van der Waals surface area (Å²) in [5.74, 6) is -4.61. The molecule has 17 nitrogen and oxygen atoms in total. The van der Waals surface area contributed by atoms with Crippen LogP contribution in [0.1, 0.15) is 80.6 Å². The predicted octanol–water partition coefficient (Wildman–Crippen LogP) is -0.202. The molecule has 0 radical (unpaired) electrons. The molecule has 0 unspecified atom stereocenters. The third-order valence-electron chi connectivity index (χ3n) is 5.93. The summed E-state index contributed by atoms with van der Waals surface area (Å²) in [7, 11) is 0. The lowest BCUT2D eigenvalue weighted by atomic mass is 10.1. The summed E-state index contributed by atoms with van der Waals surface area (Å²) in [6, 6.07) is -3.88. The number of carbonyl (C=O) groups is 7. The van der Waals surface area contributed by atoms with Gasteiger partial charge in [0.2, 0.25) is 17.7 Å². The Bertz CT molecular complexity index is 1090. The molecule has 6 amide bonds. The van der Waals surface area contributed by atoms with Crippen LogP contribution in [0.5, 0.6) is 0 Å². The fourth-order valence-electron chi connectivity index (χ4n) is 3.83. The number of unbranched alkanes of at least 4 members (excludes halogenated alkanes) is 1. The minimum Gasteiger partial charge on any atom is -0.480 e. The molecule has 8 N–H and O–H groups in total. The van der Waals surface area contributed by atoms with E-state index in [-0.39, 0.29) is 19.4 Å². The topological polar surface area (TPSA) is 257 Å². The molecule has 0 aliphatic carbocycles. The van der Waals surface area contributed by atoms with E-state index in [1.807, 2.05) is 0 Å². The molecule has 0 aromatic carbocycles. The van der Waals surface area contributed by atoms with Crippen LogP contribution in [-0.2, 0) is 38.2 Å². The third-order valence-corrected chi connectivity index (χ3v) is 5.93. The van der Waals surface area contributed by atoms with Gasteiger partial charge in [-0.1, -0.05) is 13.3 Å². The predicted molar refractivity (Wildman–Crippen MR) is 159 cm³/mol. The monoisotopic (exact) mass is 644 g/mol. The average molecular weight is 645 g/mol. The number of hydrogen-bond acceptors (Lipinski definition) is 10. The number of amides is 6. The summed E-state index contributed by atoms with van der Waals surface area (Å²) >= 11 is 0. The van der Waals surface area contributed by atoms with E-state index in [0.717, 1.165) is 0 Å². The van der Waals surface area contributed by atoms with Gasteiger partial charge in [0.15, 0.2) is 12.2 Å². The maximum atomic E-state index is 13.3. The minimum absolute atomic E-state index is 0.126. The summed E-state index contributed by atoms with van der Waals surface area (Å²) in [6.07, 6.45) is -2.17. The first-order valence-electron chi connectivity index (χ1n) is 14.8. The first-order valence-corrected chi connectivity index (χ1v) is 14.8. The molecule has 17 heteroatoms. The average Bonchev–Trinajstić information content (AvgIpc) is 3.69. The molecule has 1 heterocycles. The van der Waals surface area contributed by atoms with E-state index >= 15 is 0 Å². The van der Waals surface area contributed by atoms with Gasteiger partial charge in [-0.2, -0.15) is 0 Å². The summed E-state index contributed by atoms with van der Waals surface area (Å²) in [5, 5.41) is 21.8. The highest BCUT2D eigenvalue weighted by atomic mass is 16.6. The lowest BCUT2D eigenvalue weighted by molar-refractivity contribution is -0.142. The molecule has 0 saturated carbocycles. The quantitative estimate of drug-likeness (QED) is 0.0805. The van der Waals surface area contributed by atoms with Crippen molar-refractivity contribution in [1.82, 2.24) is 26.6 Å². The molecule has 5 atom stereocenters. The first-order chi connectivity index (χ1) is 20.7. The highest BCUT2D eigenvalue weighted by molar-refractivity contribution is 5.95. The van der Waals surface area contributed by atoms with Crippen molar-refractivity contribution in [3.63, 3.8) is 0 Å². The molecule has 1 aliphatic heterocycles. The Morgan fingerprint density at radius 3 is 1.78 bits per heavy atom. The Hall–Kier alpha value is -4.15. The normalized spacial score (nSPS) is 17.8. The number of alkyl carbamates (subject to hydrolysis) is 2. The Kier molecular flexibility index (Phi) is 15.0. The number of nitrogens with two attached hydrogens (primary N) is 1. The van der Waals surface area contributed by atoms with Crippen LogP contribution < -0.4 is 32.3 Å². The van der Waals surface area contributed by atoms with Crippen LogP contribution in [0.2, 0.25) is 0 Å². The number of aliphatic carboxylic acids is 1. The second-order valence-corrected chi connectivity index (χ2v) is 12.5. The maximum Gasteiger partial charge on any atom is 0.408 e. The number of ether oxygens (including phenoxy) is 3. The fourth-order valence-corrected chi connectivity index (χ4v) is 3.83. The van der Waals surface area contributed by atoms with Crippen molar-refractivity contribution in [2.45, 2.75) is 122 Å². The maximum absolute atomic E-state index is 13.3. The van der Waals surface area contributed by atoms with Crippen LogP contribution in [0.25, 0.3) is 0 Å². The van der Waals surface area contributed by atoms with Crippen molar-refractivity contribution in [3.05, 3.63) is 0 Å². The summed E-state index contributed by atoms with van der Waals surface area (Å²) in [5.41, 5.74) is 3.55. The number of epoxide rings is 1. The van der Waals surface area contributed by atoms with E-state index in [2.05, 4.69) is 26.6 Å². The number of nitrogens with one attached hydrogen (secondary N) is 5. The van der Waals surface area contributed by atoms with Crippen LogP contribution in [0.15, 0.2) is 0 Å². The molecule has 1 fully saturated rings. The first kappa shape index (κ1) is 38.9. The van der Waals surface area contributed by atoms with E-state index in [1.54, 1.807) is 48.5 Å². The molecule has 45 heavy (non-hydrogen) atoms. The minimum atomic E-state index is -1.57. The zero-order valence-electron chi connectivity index (χ0n) is 26.9. The molecule has 256 valence electrons. The lowest BCUT2D eigenvalue weighted by Crippen LogP contribution is -2.57. The van der Waals surface area contributed by atoms with Crippen LogP contribution in [-0.4, -0.2) is 102 Å². The lowest BCUT2D eigenvalue weighted by Gasteiger charge is -2.26. The Balaban J connectivity index is 2.85. The van der Waals surface area contributed by atoms with Gasteiger partial charge in [-0.05, 0) is 67.2 Å². The standard InChI is InChI=1S/C28H48N6O11/c1-8-11-15(21(36)33-17(24(39)40)14-31-23(38)19-18(43-19)20(29)35)32-22(37)16(34-26(42)45-28(5,6)7)12-9-10-13-30-25(41)44-27(2,3)4/h15-19H,8-14H2,1-7H3,(H2,29,35)(H,30,41)(H,31,38)(H,32,37)(H,33,36)(H,34,42)(H,39,40)/t15-,16-,17-,18+,19+/m0/s1. The van der Waals surface area contributed by atoms with Crippen molar-refractivity contribution < 1.29 is 52.9 Å². The highest BCUT2D eigenvalue weighted by Crippen LogP contribution is 2.21. The molecule has 0 aromatic rings. The summed E-state index contributed by atoms with van der Waals surface area (Å²) < 4.78 is 15.3. The van der Waals surface area contributed by atoms with E-state index in [9.17, 15) is 38.7 Å². The van der Waals surface area contributed by atoms with E-state index < -0.39 is 89.9 Å². The van der Waals surface area contributed by atoms with Gasteiger partial charge in [-0.25, -0.2) is 14.4 Å². The molecule has 1 aliphatic rings. The highest BCUT2D eigenvalue weighted by Gasteiger charge is 2.49. The molecule has 1 rings (SSSR count). The van der Waals surface area contributed by atoms with Crippen LogP contribution in [0.3, 0.4) is 0 Å². The Morgan fingerprint density at radius 1 is 0.756 bits per heavy atom. The van der Waals surface area contributed by atoms with E-state index in [0.29, 0.717) is 19.3 Å². The van der Waals surface area contributed by atoms with Gasteiger partial charge in [-0.15, -0.1) is 0 Å². The number of carboxylic acids is 1. The number of carbonyl (C=O) groups excluding carboxylic acids is 6. The fraction of sp³-hybridized carbons (Fsp3) is 0.750. The molecule has 0 aromatic heterocycles. The third kappa shape index (κ3) is 15.9. The van der Waals surface area contributed by atoms with Crippen molar-refractivity contribution in [3.8, 4) is 0 Å². The van der Waals surface area contributed by atoms with Gasteiger partial charge in [-0.3, -0.25) is 19.2 Å². The SMILES string of the molecule is CCC[C@H](NC(=O)[C@H](CCCCNC(=O)OC(C)(C)C)NC(=O)OC(C)(C)C)C(=O)N[C@@H](CNC(=O)[C@@H]1O[C@H]1C(N)=O)C(=O)O. The smallest absolute Gasteiger partial charge is 0.408 e. The van der Waals surface area contributed by atoms with Gasteiger partial charge in [0.25, 0.3) is 5.91 Å². The molecule has 0 spiro atoms. The van der Waals surface area contributed by atoms with Crippen molar-refractivity contribution in [2.75, 3.05) is 13.1 Å². The molecular weight excluding hydrogens is 596 g/mol. The second-order valence-electron chi connectivity index (χ2n) is 12.5. The van der Waals surface area contributed by atoms with E-state index in [4.69, 9.17) is 19.9 Å². The Morgan fingerprint density at radius 2 is 1.29 bits per heavy atom. The van der Waals surface area contributed by atoms with Crippen molar-refractivity contribution in [2.24, 2.45) is 5.73 Å². The van der Waals surface area contributed by atoms with Crippen LogP contribution in [0, 0.1) is 0 Å². The van der Waals surface area contributed by atoms with Gasteiger partial charge in [0.05, 0.1) is 0 Å². The van der Waals surface area contributed by atoms with E-state index in [1.165, 1.54) is 0 Å². The molecular formula is C28H48N6O11. The number of rotatable bonds is 17. The number of carboxylic acid groups (broad SMARTS) is 1. The number of hydrogen-bond donors (Lipinski definition) is 7. The zero-order valence-corrected chi connectivity index (χ0v) is 26.9. The molecule has 1 saturated heterocycles. The largest absolute Gasteiger partial charge is 0.480 e. The van der Waals surface area contributed by atoms with Crippen molar-refractivity contribution >= 4 is 41.8 Å². The van der Waals surface area contributed by atoms with Gasteiger partial charge < -0.3 is 51.6 Å². The second kappa shape index (κ2) is 17.4. The number of primary amides is 1. The van der Waals surface area contributed by atoms with Crippen LogP contribution in [0.4, 0.5) is 9.59 Å². The summed E-state index contributed by atoms with van der Waals surface area (Å²) in [6.45, 7) is 11.6. The van der Waals surface area contributed by atoms with Crippen LogP contribution >= 0.6 is 0 Å². The van der Waals surface area contributed by atoms with Gasteiger partial charge in [0.1, 0.15) is 29.3 Å². The summed E-state index contributed by atoms with van der Waals surface area (Å²) in [4.78, 5) is 85.7. The van der Waals surface area contributed by atoms with Gasteiger partial charge >= 0.3 is 18.2 Å².